The van der Waals surface area contributed by atoms with Crippen molar-refractivity contribution in [1.82, 2.24) is 9.80 Å². The number of nitrogens with zero attached hydrogens (tertiary/aromatic N) is 3. The van der Waals surface area contributed by atoms with E-state index < -0.39 is 0 Å². The Hall–Kier alpha value is -1.38. The molecule has 1 amide bonds. The Bertz CT molecular complexity index is 426. The van der Waals surface area contributed by atoms with Gasteiger partial charge in [0.05, 0.1) is 24.6 Å². The predicted octanol–water partition coefficient (Wildman–Crippen LogP) is 1.66. The molecule has 5 nitrogen and oxygen atoms in total. The third-order valence-corrected chi connectivity index (χ3v) is 4.35. The van der Waals surface area contributed by atoms with E-state index in [4.69, 9.17) is 10.00 Å². The Morgan fingerprint density at radius 3 is 2.76 bits per heavy atom. The minimum atomic E-state index is -0.207. The summed E-state index contributed by atoms with van der Waals surface area (Å²) >= 11 is 0. The van der Waals surface area contributed by atoms with Crippen molar-refractivity contribution >= 4 is 5.91 Å². The van der Waals surface area contributed by atoms with Gasteiger partial charge in [-0.25, -0.2) is 0 Å². The lowest BCUT2D eigenvalue weighted by Crippen LogP contribution is -2.53. The zero-order valence-electron chi connectivity index (χ0n) is 13.8. The number of hydrogen-bond acceptors (Lipinski definition) is 4. The van der Waals surface area contributed by atoms with Crippen molar-refractivity contribution in [2.75, 3.05) is 33.8 Å². The van der Waals surface area contributed by atoms with Gasteiger partial charge in [0.1, 0.15) is 0 Å². The second kappa shape index (κ2) is 7.58. The van der Waals surface area contributed by atoms with Crippen LogP contribution in [0.1, 0.15) is 27.2 Å². The molecular formula is C16H27N3O2. The van der Waals surface area contributed by atoms with E-state index in [2.05, 4.69) is 11.0 Å². The lowest BCUT2D eigenvalue weighted by atomic mass is 9.87. The number of methoxy groups -OCH3 is 1. The largest absolute Gasteiger partial charge is 0.381 e. The Morgan fingerprint density at radius 1 is 1.52 bits per heavy atom. The molecule has 0 N–H and O–H groups in total. The van der Waals surface area contributed by atoms with Crippen LogP contribution in [0.25, 0.3) is 0 Å². The van der Waals surface area contributed by atoms with E-state index in [0.29, 0.717) is 13.0 Å². The van der Waals surface area contributed by atoms with Gasteiger partial charge in [-0.15, -0.1) is 0 Å². The topological polar surface area (TPSA) is 56.6 Å². The lowest BCUT2D eigenvalue weighted by molar-refractivity contribution is -0.130. The first-order chi connectivity index (χ1) is 9.81. The second-order valence-electron chi connectivity index (χ2n) is 6.34. The number of hydrogen-bond donors (Lipinski definition) is 0. The van der Waals surface area contributed by atoms with Gasteiger partial charge in [-0.1, -0.05) is 19.9 Å². The average molecular weight is 293 g/mol. The van der Waals surface area contributed by atoms with E-state index >= 15 is 0 Å². The van der Waals surface area contributed by atoms with Crippen molar-refractivity contribution in [1.29, 1.82) is 5.26 Å². The average Bonchev–Trinajstić information content (AvgIpc) is 2.44. The number of amides is 1. The third-order valence-electron chi connectivity index (χ3n) is 4.35. The van der Waals surface area contributed by atoms with Crippen LogP contribution in [0.15, 0.2) is 12.2 Å². The van der Waals surface area contributed by atoms with Crippen molar-refractivity contribution in [2.24, 2.45) is 5.41 Å². The van der Waals surface area contributed by atoms with Crippen LogP contribution in [0.5, 0.6) is 0 Å². The lowest BCUT2D eigenvalue weighted by Gasteiger charge is -2.38. The Balaban J connectivity index is 2.75. The Labute approximate surface area is 128 Å². The van der Waals surface area contributed by atoms with Crippen LogP contribution in [0.2, 0.25) is 0 Å². The molecule has 0 radical (unpaired) electrons. The number of ether oxygens (including phenoxy) is 1. The van der Waals surface area contributed by atoms with E-state index in [1.54, 1.807) is 13.2 Å². The molecule has 0 saturated carbocycles. The van der Waals surface area contributed by atoms with Crippen LogP contribution in [-0.4, -0.2) is 61.6 Å². The molecule has 0 aliphatic carbocycles. The first kappa shape index (κ1) is 17.7. The minimum Gasteiger partial charge on any atom is -0.381 e. The van der Waals surface area contributed by atoms with Gasteiger partial charge in [0, 0.05) is 32.2 Å². The first-order valence-electron chi connectivity index (χ1n) is 7.40. The van der Waals surface area contributed by atoms with E-state index in [1.165, 1.54) is 0 Å². The SMILES string of the molecule is COC(C)C(C)(C)/C=C/C(=O)N1CCN(C)CC1CC#N. The highest BCUT2D eigenvalue weighted by Crippen LogP contribution is 2.24. The molecule has 0 aromatic rings. The van der Waals surface area contributed by atoms with Crippen molar-refractivity contribution in [3.05, 3.63) is 12.2 Å². The fraction of sp³-hybridized carbons (Fsp3) is 0.750. The zero-order valence-corrected chi connectivity index (χ0v) is 13.8. The highest BCUT2D eigenvalue weighted by atomic mass is 16.5. The van der Waals surface area contributed by atoms with Crippen molar-refractivity contribution in [2.45, 2.75) is 39.3 Å². The van der Waals surface area contributed by atoms with Gasteiger partial charge in [-0.3, -0.25) is 4.79 Å². The van der Waals surface area contributed by atoms with Gasteiger partial charge in [0.25, 0.3) is 0 Å². The molecule has 21 heavy (non-hydrogen) atoms. The number of piperazine rings is 1. The summed E-state index contributed by atoms with van der Waals surface area (Å²) in [5.74, 6) is -0.0141. The van der Waals surface area contributed by atoms with Gasteiger partial charge in [0.15, 0.2) is 0 Å². The van der Waals surface area contributed by atoms with Crippen molar-refractivity contribution in [3.63, 3.8) is 0 Å². The molecule has 1 fully saturated rings. The Kier molecular flexibility index (Phi) is 6.38. The second-order valence-corrected chi connectivity index (χ2v) is 6.34. The van der Waals surface area contributed by atoms with Crippen LogP contribution in [0.3, 0.4) is 0 Å². The maximum absolute atomic E-state index is 12.4. The van der Waals surface area contributed by atoms with Crippen LogP contribution < -0.4 is 0 Å². The van der Waals surface area contributed by atoms with E-state index in [9.17, 15) is 4.79 Å². The van der Waals surface area contributed by atoms with Gasteiger partial charge < -0.3 is 14.5 Å². The zero-order chi connectivity index (χ0) is 16.0. The fourth-order valence-corrected chi connectivity index (χ4v) is 2.40. The molecule has 0 bridgehead atoms. The summed E-state index contributed by atoms with van der Waals surface area (Å²) in [5.41, 5.74) is -0.207. The molecule has 2 atom stereocenters. The molecule has 118 valence electrons. The van der Waals surface area contributed by atoms with Crippen molar-refractivity contribution < 1.29 is 9.53 Å². The first-order valence-corrected chi connectivity index (χ1v) is 7.40. The highest BCUT2D eigenvalue weighted by molar-refractivity contribution is 5.88. The number of carbonyl (C=O) groups is 1. The molecule has 0 spiro atoms. The monoisotopic (exact) mass is 293 g/mol. The van der Waals surface area contributed by atoms with E-state index in [0.717, 1.165) is 13.1 Å². The maximum atomic E-state index is 12.4. The molecule has 2 unspecified atom stereocenters. The third kappa shape index (κ3) is 4.83. The van der Waals surface area contributed by atoms with Gasteiger partial charge >= 0.3 is 0 Å². The summed E-state index contributed by atoms with van der Waals surface area (Å²) < 4.78 is 5.34. The molecule has 1 saturated heterocycles. The smallest absolute Gasteiger partial charge is 0.246 e. The minimum absolute atomic E-state index is 0.0141. The highest BCUT2D eigenvalue weighted by Gasteiger charge is 2.29. The fourth-order valence-electron chi connectivity index (χ4n) is 2.40. The molecule has 1 rings (SSSR count). The number of nitriles is 1. The van der Waals surface area contributed by atoms with E-state index in [-0.39, 0.29) is 23.5 Å². The Morgan fingerprint density at radius 2 is 2.19 bits per heavy atom. The molecule has 0 aromatic heterocycles. The van der Waals surface area contributed by atoms with Crippen LogP contribution in [0.4, 0.5) is 0 Å². The quantitative estimate of drug-likeness (QED) is 0.723. The molecule has 0 aromatic carbocycles. The summed E-state index contributed by atoms with van der Waals surface area (Å²) in [6.07, 6.45) is 3.95. The summed E-state index contributed by atoms with van der Waals surface area (Å²) in [4.78, 5) is 16.4. The molecule has 1 aliphatic rings. The summed E-state index contributed by atoms with van der Waals surface area (Å²) in [6.45, 7) is 8.35. The molecule has 1 heterocycles. The van der Waals surface area contributed by atoms with Gasteiger partial charge in [0.2, 0.25) is 5.91 Å². The summed E-state index contributed by atoms with van der Waals surface area (Å²) in [6, 6.07) is 2.16. The molecule has 1 aliphatic heterocycles. The van der Waals surface area contributed by atoms with E-state index in [1.807, 2.05) is 38.8 Å². The predicted molar refractivity (Wildman–Crippen MR) is 82.6 cm³/mol. The van der Waals surface area contributed by atoms with Gasteiger partial charge in [-0.2, -0.15) is 5.26 Å². The van der Waals surface area contributed by atoms with Crippen LogP contribution in [-0.2, 0) is 9.53 Å². The standard InChI is InChI=1S/C16H27N3O2/c1-13(21-5)16(2,3)8-6-15(20)19-11-10-18(4)12-14(19)7-9-17/h6,8,13-14H,7,10-12H2,1-5H3/b8-6+. The van der Waals surface area contributed by atoms with Crippen LogP contribution in [0, 0.1) is 16.7 Å². The normalized spacial score (nSPS) is 22.3. The van der Waals surface area contributed by atoms with Crippen LogP contribution >= 0.6 is 0 Å². The summed E-state index contributed by atoms with van der Waals surface area (Å²) in [5, 5.41) is 8.93. The number of carbonyl (C=O) groups excluding carboxylic acids is 1. The summed E-state index contributed by atoms with van der Waals surface area (Å²) in [7, 11) is 3.69. The number of likely N-dealkylation sites (N-methyl/N-ethyl adjacent to an activating group) is 1. The number of rotatable bonds is 5. The van der Waals surface area contributed by atoms with Crippen molar-refractivity contribution in [3.8, 4) is 6.07 Å². The maximum Gasteiger partial charge on any atom is 0.246 e. The molecular weight excluding hydrogens is 266 g/mol. The van der Waals surface area contributed by atoms with Gasteiger partial charge in [-0.05, 0) is 20.0 Å². The molecule has 5 heteroatoms.